The second-order valence-corrected chi connectivity index (χ2v) is 5.15. The molecule has 1 aliphatic heterocycles. The molecule has 0 spiro atoms. The van der Waals surface area contributed by atoms with Crippen molar-refractivity contribution in [1.29, 1.82) is 0 Å². The molecule has 0 saturated carbocycles. The van der Waals surface area contributed by atoms with Crippen molar-refractivity contribution in [2.24, 2.45) is 0 Å². The Morgan fingerprint density at radius 2 is 2.17 bits per heavy atom. The first-order chi connectivity index (χ1) is 8.75. The van der Waals surface area contributed by atoms with Crippen molar-refractivity contribution in [1.82, 2.24) is 10.3 Å². The number of aromatic amines is 1. The molecule has 0 aliphatic carbocycles. The highest BCUT2D eigenvalue weighted by molar-refractivity contribution is 5.85. The van der Waals surface area contributed by atoms with E-state index in [0.29, 0.717) is 6.04 Å². The maximum Gasteiger partial charge on any atom is 0.0713 e. The third-order valence-corrected chi connectivity index (χ3v) is 3.74. The van der Waals surface area contributed by atoms with E-state index < -0.39 is 0 Å². The van der Waals surface area contributed by atoms with Crippen LogP contribution in [0.4, 0.5) is 0 Å². The van der Waals surface area contributed by atoms with Crippen LogP contribution in [-0.4, -0.2) is 24.7 Å². The molecule has 3 heteroatoms. The van der Waals surface area contributed by atoms with Crippen molar-refractivity contribution >= 4 is 10.9 Å². The van der Waals surface area contributed by atoms with Gasteiger partial charge in [-0.1, -0.05) is 11.6 Å². The highest BCUT2D eigenvalue weighted by Crippen LogP contribution is 2.27. The van der Waals surface area contributed by atoms with Crippen LogP contribution < -0.4 is 5.32 Å². The smallest absolute Gasteiger partial charge is 0.0713 e. The molecular formula is C15H20N2O. The normalized spacial score (nSPS) is 21.1. The van der Waals surface area contributed by atoms with E-state index in [9.17, 15) is 0 Å². The molecule has 1 aromatic carbocycles. The van der Waals surface area contributed by atoms with Gasteiger partial charge in [0.25, 0.3) is 0 Å². The Morgan fingerprint density at radius 1 is 1.28 bits per heavy atom. The number of fused-ring (bicyclic) bond motifs is 1. The molecule has 1 unspecified atom stereocenters. The van der Waals surface area contributed by atoms with Crippen molar-refractivity contribution in [2.75, 3.05) is 19.8 Å². The van der Waals surface area contributed by atoms with Gasteiger partial charge in [-0.3, -0.25) is 0 Å². The molecule has 0 bridgehead atoms. The Kier molecular flexibility index (Phi) is 3.10. The number of rotatable bonds is 1. The zero-order chi connectivity index (χ0) is 12.5. The summed E-state index contributed by atoms with van der Waals surface area (Å²) in [7, 11) is 0. The molecule has 0 amide bonds. The number of aromatic nitrogens is 1. The van der Waals surface area contributed by atoms with Crippen LogP contribution in [0.2, 0.25) is 0 Å². The molecule has 1 aliphatic rings. The number of nitrogens with one attached hydrogen (secondary N) is 2. The van der Waals surface area contributed by atoms with Gasteiger partial charge < -0.3 is 15.0 Å². The van der Waals surface area contributed by atoms with Crippen LogP contribution in [0.25, 0.3) is 10.9 Å². The van der Waals surface area contributed by atoms with Gasteiger partial charge in [-0.2, -0.15) is 0 Å². The van der Waals surface area contributed by atoms with E-state index in [4.69, 9.17) is 4.74 Å². The Bertz CT molecular complexity index is 551. The average molecular weight is 244 g/mol. The van der Waals surface area contributed by atoms with Crippen molar-refractivity contribution in [3.8, 4) is 0 Å². The molecule has 3 nitrogen and oxygen atoms in total. The van der Waals surface area contributed by atoms with Gasteiger partial charge in [0, 0.05) is 23.2 Å². The maximum atomic E-state index is 5.65. The number of benzene rings is 1. The molecule has 96 valence electrons. The summed E-state index contributed by atoms with van der Waals surface area (Å²) in [5, 5.41) is 4.89. The fourth-order valence-corrected chi connectivity index (χ4v) is 2.71. The SMILES string of the molecule is Cc1ccc2[nH]c(C3COCCCN3)c(C)c2c1. The Hall–Kier alpha value is -1.32. The van der Waals surface area contributed by atoms with Crippen LogP contribution >= 0.6 is 0 Å². The summed E-state index contributed by atoms with van der Waals surface area (Å²) in [6.07, 6.45) is 1.09. The number of aryl methyl sites for hydroxylation is 2. The lowest BCUT2D eigenvalue weighted by molar-refractivity contribution is 0.130. The van der Waals surface area contributed by atoms with Gasteiger partial charge >= 0.3 is 0 Å². The van der Waals surface area contributed by atoms with Crippen LogP contribution in [0, 0.1) is 13.8 Å². The van der Waals surface area contributed by atoms with Gasteiger partial charge in [-0.05, 0) is 44.5 Å². The van der Waals surface area contributed by atoms with Crippen LogP contribution in [0.5, 0.6) is 0 Å². The van der Waals surface area contributed by atoms with Crippen LogP contribution in [0.15, 0.2) is 18.2 Å². The molecule has 3 rings (SSSR count). The fourth-order valence-electron chi connectivity index (χ4n) is 2.71. The molecule has 2 N–H and O–H groups in total. The first-order valence-corrected chi connectivity index (χ1v) is 6.65. The first-order valence-electron chi connectivity index (χ1n) is 6.65. The van der Waals surface area contributed by atoms with E-state index in [1.54, 1.807) is 0 Å². The summed E-state index contributed by atoms with van der Waals surface area (Å²) in [5.41, 5.74) is 5.15. The molecule has 2 heterocycles. The van der Waals surface area contributed by atoms with E-state index in [1.165, 1.54) is 27.7 Å². The van der Waals surface area contributed by atoms with Crippen molar-refractivity contribution in [2.45, 2.75) is 26.3 Å². The monoisotopic (exact) mass is 244 g/mol. The predicted octanol–water partition coefficient (Wildman–Crippen LogP) is 2.84. The third-order valence-electron chi connectivity index (χ3n) is 3.74. The zero-order valence-electron chi connectivity index (χ0n) is 11.0. The molecule has 1 aromatic heterocycles. The lowest BCUT2D eigenvalue weighted by atomic mass is 10.1. The van der Waals surface area contributed by atoms with E-state index in [2.05, 4.69) is 42.3 Å². The summed E-state index contributed by atoms with van der Waals surface area (Å²) in [4.78, 5) is 3.55. The van der Waals surface area contributed by atoms with Crippen LogP contribution in [-0.2, 0) is 4.74 Å². The third kappa shape index (κ3) is 2.04. The van der Waals surface area contributed by atoms with Crippen molar-refractivity contribution in [3.63, 3.8) is 0 Å². The molecule has 1 atom stereocenters. The predicted molar refractivity (Wildman–Crippen MR) is 74.0 cm³/mol. The molecule has 1 saturated heterocycles. The minimum atomic E-state index is 0.292. The van der Waals surface area contributed by atoms with Gasteiger partial charge in [0.15, 0.2) is 0 Å². The average Bonchev–Trinajstić information content (AvgIpc) is 2.59. The molecule has 0 radical (unpaired) electrons. The van der Waals surface area contributed by atoms with Gasteiger partial charge in [-0.15, -0.1) is 0 Å². The summed E-state index contributed by atoms with van der Waals surface area (Å²) in [6.45, 7) is 6.98. The molecule has 2 aromatic rings. The van der Waals surface area contributed by atoms with E-state index in [1.807, 2.05) is 0 Å². The number of hydrogen-bond acceptors (Lipinski definition) is 2. The molecule has 18 heavy (non-hydrogen) atoms. The van der Waals surface area contributed by atoms with Crippen LogP contribution in [0.1, 0.15) is 29.3 Å². The number of H-pyrrole nitrogens is 1. The fraction of sp³-hybridized carbons (Fsp3) is 0.467. The lowest BCUT2D eigenvalue weighted by Crippen LogP contribution is -2.24. The Morgan fingerprint density at radius 3 is 3.06 bits per heavy atom. The standard InChI is InChI=1S/C15H20N2O/c1-10-4-5-13-12(8-10)11(2)15(17-13)14-9-18-7-3-6-16-14/h4-5,8,14,16-17H,3,6-7,9H2,1-2H3. The van der Waals surface area contributed by atoms with Crippen molar-refractivity contribution in [3.05, 3.63) is 35.0 Å². The second kappa shape index (κ2) is 4.75. The second-order valence-electron chi connectivity index (χ2n) is 5.15. The van der Waals surface area contributed by atoms with Gasteiger partial charge in [-0.25, -0.2) is 0 Å². The topological polar surface area (TPSA) is 37.0 Å². The zero-order valence-corrected chi connectivity index (χ0v) is 11.0. The minimum Gasteiger partial charge on any atom is -0.379 e. The highest BCUT2D eigenvalue weighted by Gasteiger charge is 2.19. The van der Waals surface area contributed by atoms with E-state index in [0.717, 1.165) is 26.2 Å². The number of hydrogen-bond donors (Lipinski definition) is 2. The Labute approximate surface area is 108 Å². The Balaban J connectivity index is 2.03. The number of ether oxygens (including phenoxy) is 1. The summed E-state index contributed by atoms with van der Waals surface area (Å²) in [5.74, 6) is 0. The van der Waals surface area contributed by atoms with Crippen molar-refractivity contribution < 1.29 is 4.74 Å². The maximum absolute atomic E-state index is 5.65. The van der Waals surface area contributed by atoms with Gasteiger partial charge in [0.2, 0.25) is 0 Å². The van der Waals surface area contributed by atoms with Gasteiger partial charge in [0.1, 0.15) is 0 Å². The molecular weight excluding hydrogens is 224 g/mol. The summed E-state index contributed by atoms with van der Waals surface area (Å²) in [6, 6.07) is 6.86. The van der Waals surface area contributed by atoms with Gasteiger partial charge in [0.05, 0.1) is 12.6 Å². The van der Waals surface area contributed by atoms with E-state index >= 15 is 0 Å². The van der Waals surface area contributed by atoms with Crippen LogP contribution in [0.3, 0.4) is 0 Å². The quantitative estimate of drug-likeness (QED) is 0.809. The lowest BCUT2D eigenvalue weighted by Gasteiger charge is -2.14. The summed E-state index contributed by atoms with van der Waals surface area (Å²) < 4.78 is 5.65. The van der Waals surface area contributed by atoms with E-state index in [-0.39, 0.29) is 0 Å². The minimum absolute atomic E-state index is 0.292. The molecule has 1 fully saturated rings. The summed E-state index contributed by atoms with van der Waals surface area (Å²) >= 11 is 0. The largest absolute Gasteiger partial charge is 0.379 e. The highest BCUT2D eigenvalue weighted by atomic mass is 16.5. The first kappa shape index (κ1) is 11.8.